The molecule has 4 heteroatoms. The molecule has 1 aromatic rings. The van der Waals surface area contributed by atoms with Crippen molar-refractivity contribution in [2.45, 2.75) is 50.3 Å². The number of fused-ring (bicyclic) bond motifs is 1. The minimum absolute atomic E-state index is 0.0914. The van der Waals surface area contributed by atoms with E-state index in [0.717, 1.165) is 30.5 Å². The second-order valence-corrected chi connectivity index (χ2v) is 6.50. The summed E-state index contributed by atoms with van der Waals surface area (Å²) in [6.07, 6.45) is 5.55. The van der Waals surface area contributed by atoms with Crippen LogP contribution in [0.5, 0.6) is 0 Å². The Kier molecular flexibility index (Phi) is 3.23. The molecule has 2 aliphatic heterocycles. The standard InChI is InChI=1S/C17H22N2O2/c20-16(19-15-5-9-18-17(15)7-2-8-17)14-4-1-3-12-11-21-10-6-13(12)14/h1,3-4,15,18H,2,5-11H2,(H,19,20). The first-order chi connectivity index (χ1) is 10.3. The molecule has 1 aliphatic carbocycles. The van der Waals surface area contributed by atoms with Gasteiger partial charge in [0.25, 0.3) is 5.91 Å². The van der Waals surface area contributed by atoms with Crippen LogP contribution in [0, 0.1) is 0 Å². The van der Waals surface area contributed by atoms with Crippen molar-refractivity contribution in [3.63, 3.8) is 0 Å². The van der Waals surface area contributed by atoms with Gasteiger partial charge in [0.2, 0.25) is 0 Å². The fourth-order valence-electron chi connectivity index (χ4n) is 4.03. The van der Waals surface area contributed by atoms with E-state index in [4.69, 9.17) is 4.74 Å². The van der Waals surface area contributed by atoms with Crippen molar-refractivity contribution in [1.29, 1.82) is 0 Å². The summed E-state index contributed by atoms with van der Waals surface area (Å²) in [7, 11) is 0. The average molecular weight is 286 g/mol. The van der Waals surface area contributed by atoms with Crippen molar-refractivity contribution in [3.8, 4) is 0 Å². The lowest BCUT2D eigenvalue weighted by Crippen LogP contribution is -2.59. The van der Waals surface area contributed by atoms with Gasteiger partial charge in [-0.1, -0.05) is 12.1 Å². The molecule has 0 aromatic heterocycles. The zero-order valence-electron chi connectivity index (χ0n) is 12.3. The highest BCUT2D eigenvalue weighted by molar-refractivity contribution is 5.96. The number of hydrogen-bond donors (Lipinski definition) is 2. The summed E-state index contributed by atoms with van der Waals surface area (Å²) in [5, 5.41) is 6.90. The molecule has 1 saturated carbocycles. The molecule has 21 heavy (non-hydrogen) atoms. The fraction of sp³-hybridized carbons (Fsp3) is 0.588. The van der Waals surface area contributed by atoms with Crippen molar-refractivity contribution in [2.75, 3.05) is 13.2 Å². The summed E-state index contributed by atoms with van der Waals surface area (Å²) in [6.45, 7) is 2.36. The third kappa shape index (κ3) is 2.17. The van der Waals surface area contributed by atoms with Crippen molar-refractivity contribution in [3.05, 3.63) is 34.9 Å². The molecular weight excluding hydrogens is 264 g/mol. The first kappa shape index (κ1) is 13.3. The number of nitrogens with one attached hydrogen (secondary N) is 2. The molecule has 2 N–H and O–H groups in total. The second-order valence-electron chi connectivity index (χ2n) is 6.50. The number of amides is 1. The van der Waals surface area contributed by atoms with Crippen LogP contribution in [0.1, 0.15) is 47.2 Å². The van der Waals surface area contributed by atoms with Gasteiger partial charge >= 0.3 is 0 Å². The van der Waals surface area contributed by atoms with Gasteiger partial charge in [-0.2, -0.15) is 0 Å². The van der Waals surface area contributed by atoms with Crippen LogP contribution in [-0.4, -0.2) is 30.6 Å². The molecule has 4 rings (SSSR count). The highest BCUT2D eigenvalue weighted by atomic mass is 16.5. The Labute approximate surface area is 125 Å². The summed E-state index contributed by atoms with van der Waals surface area (Å²) in [5.74, 6) is 0.0914. The van der Waals surface area contributed by atoms with Crippen molar-refractivity contribution >= 4 is 5.91 Å². The Morgan fingerprint density at radius 3 is 3.10 bits per heavy atom. The van der Waals surface area contributed by atoms with Crippen LogP contribution >= 0.6 is 0 Å². The zero-order valence-corrected chi connectivity index (χ0v) is 12.3. The molecule has 1 amide bonds. The SMILES string of the molecule is O=C(NC1CCNC12CCC2)c1cccc2c1CCOC2. The summed E-state index contributed by atoms with van der Waals surface area (Å²) in [5.41, 5.74) is 3.37. The second kappa shape index (κ2) is 5.11. The van der Waals surface area contributed by atoms with Crippen LogP contribution in [-0.2, 0) is 17.8 Å². The summed E-state index contributed by atoms with van der Waals surface area (Å²) in [6, 6.07) is 6.27. The molecule has 0 bridgehead atoms. The van der Waals surface area contributed by atoms with E-state index in [1.54, 1.807) is 0 Å². The van der Waals surface area contributed by atoms with Gasteiger partial charge in [-0.3, -0.25) is 4.79 Å². The Morgan fingerprint density at radius 1 is 1.38 bits per heavy atom. The van der Waals surface area contributed by atoms with Gasteiger partial charge in [0.1, 0.15) is 0 Å². The van der Waals surface area contributed by atoms with Crippen molar-refractivity contribution in [1.82, 2.24) is 10.6 Å². The summed E-state index contributed by atoms with van der Waals surface area (Å²) < 4.78 is 5.48. The van der Waals surface area contributed by atoms with Gasteiger partial charge in [0, 0.05) is 17.1 Å². The normalized spacial score (nSPS) is 26.2. The monoisotopic (exact) mass is 286 g/mol. The maximum atomic E-state index is 12.7. The Hall–Kier alpha value is -1.39. The molecule has 4 nitrogen and oxygen atoms in total. The van der Waals surface area contributed by atoms with Gasteiger partial charge in [-0.05, 0) is 55.8 Å². The van der Waals surface area contributed by atoms with E-state index < -0.39 is 0 Å². The van der Waals surface area contributed by atoms with E-state index in [2.05, 4.69) is 16.7 Å². The van der Waals surface area contributed by atoms with Crippen LogP contribution in [0.3, 0.4) is 0 Å². The summed E-state index contributed by atoms with van der Waals surface area (Å²) >= 11 is 0. The molecule has 2 fully saturated rings. The molecule has 1 saturated heterocycles. The number of hydrogen-bond acceptors (Lipinski definition) is 3. The van der Waals surface area contributed by atoms with E-state index in [1.807, 2.05) is 12.1 Å². The van der Waals surface area contributed by atoms with Crippen LogP contribution in [0.2, 0.25) is 0 Å². The lowest BCUT2D eigenvalue weighted by Gasteiger charge is -2.43. The smallest absolute Gasteiger partial charge is 0.251 e. The van der Waals surface area contributed by atoms with E-state index in [1.165, 1.54) is 24.8 Å². The van der Waals surface area contributed by atoms with Crippen LogP contribution < -0.4 is 10.6 Å². The maximum Gasteiger partial charge on any atom is 0.251 e. The minimum atomic E-state index is 0.0914. The average Bonchev–Trinajstić information content (AvgIpc) is 2.90. The number of ether oxygens (including phenoxy) is 1. The highest BCUT2D eigenvalue weighted by Gasteiger charge is 2.47. The van der Waals surface area contributed by atoms with Crippen molar-refractivity contribution in [2.24, 2.45) is 0 Å². The predicted octanol–water partition coefficient (Wildman–Crippen LogP) is 1.77. The molecular formula is C17H22N2O2. The molecule has 112 valence electrons. The topological polar surface area (TPSA) is 50.4 Å². The summed E-state index contributed by atoms with van der Waals surface area (Å²) in [4.78, 5) is 12.7. The number of rotatable bonds is 2. The zero-order chi connectivity index (χ0) is 14.3. The Bertz CT molecular complexity index is 566. The Balaban J connectivity index is 1.55. The van der Waals surface area contributed by atoms with E-state index in [0.29, 0.717) is 13.2 Å². The first-order valence-electron chi connectivity index (χ1n) is 8.03. The Morgan fingerprint density at radius 2 is 2.29 bits per heavy atom. The molecule has 1 atom stereocenters. The third-order valence-corrected chi connectivity index (χ3v) is 5.40. The molecule has 1 aromatic carbocycles. The fourth-order valence-corrected chi connectivity index (χ4v) is 4.03. The van der Waals surface area contributed by atoms with Crippen molar-refractivity contribution < 1.29 is 9.53 Å². The number of benzene rings is 1. The van der Waals surface area contributed by atoms with Gasteiger partial charge in [-0.15, -0.1) is 0 Å². The largest absolute Gasteiger partial charge is 0.376 e. The lowest BCUT2D eigenvalue weighted by atomic mass is 9.73. The first-order valence-corrected chi connectivity index (χ1v) is 8.03. The van der Waals surface area contributed by atoms with Crippen LogP contribution in [0.15, 0.2) is 18.2 Å². The molecule has 1 unspecified atom stereocenters. The highest BCUT2D eigenvalue weighted by Crippen LogP contribution is 2.39. The van der Waals surface area contributed by atoms with Gasteiger partial charge < -0.3 is 15.4 Å². The van der Waals surface area contributed by atoms with Gasteiger partial charge in [0.15, 0.2) is 0 Å². The number of carbonyl (C=O) groups is 1. The van der Waals surface area contributed by atoms with E-state index >= 15 is 0 Å². The molecule has 3 aliphatic rings. The molecule has 1 spiro atoms. The predicted molar refractivity (Wildman–Crippen MR) is 80.3 cm³/mol. The number of carbonyl (C=O) groups excluding carboxylic acids is 1. The lowest BCUT2D eigenvalue weighted by molar-refractivity contribution is 0.0872. The maximum absolute atomic E-state index is 12.7. The van der Waals surface area contributed by atoms with E-state index in [9.17, 15) is 4.79 Å². The molecule has 0 radical (unpaired) electrons. The van der Waals surface area contributed by atoms with Crippen LogP contribution in [0.4, 0.5) is 0 Å². The van der Waals surface area contributed by atoms with Gasteiger partial charge in [0.05, 0.1) is 13.2 Å². The quantitative estimate of drug-likeness (QED) is 0.871. The molecule has 2 heterocycles. The third-order valence-electron chi connectivity index (χ3n) is 5.40. The van der Waals surface area contributed by atoms with Crippen LogP contribution in [0.25, 0.3) is 0 Å². The minimum Gasteiger partial charge on any atom is -0.376 e. The van der Waals surface area contributed by atoms with Gasteiger partial charge in [-0.25, -0.2) is 0 Å². The van der Waals surface area contributed by atoms with E-state index in [-0.39, 0.29) is 17.5 Å².